The second kappa shape index (κ2) is 6.41. The summed E-state index contributed by atoms with van der Waals surface area (Å²) in [6.45, 7) is 0. The first-order valence-corrected chi connectivity index (χ1v) is 8.86. The summed E-state index contributed by atoms with van der Waals surface area (Å²) in [7, 11) is -5.28. The summed E-state index contributed by atoms with van der Waals surface area (Å²) < 4.78 is 109. The summed E-state index contributed by atoms with van der Waals surface area (Å²) in [5.41, 5.74) is -1.42. The van der Waals surface area contributed by atoms with Gasteiger partial charge < -0.3 is 9.84 Å². The summed E-state index contributed by atoms with van der Waals surface area (Å²) in [5, 5.41) is 9.78. The van der Waals surface area contributed by atoms with E-state index in [1.165, 1.54) is 0 Å². The van der Waals surface area contributed by atoms with E-state index >= 15 is 0 Å². The minimum atomic E-state index is -5.28. The monoisotopic (exact) mass is 412 g/mol. The average Bonchev–Trinajstić information content (AvgIpc) is 2.82. The molecule has 0 saturated carbocycles. The van der Waals surface area contributed by atoms with Gasteiger partial charge in [-0.2, -0.15) is 8.78 Å². The maximum atomic E-state index is 13.9. The highest BCUT2D eigenvalue weighted by molar-refractivity contribution is 7.91. The van der Waals surface area contributed by atoms with E-state index in [-0.39, 0.29) is 5.75 Å². The van der Waals surface area contributed by atoms with Gasteiger partial charge in [0.1, 0.15) is 17.6 Å². The summed E-state index contributed by atoms with van der Waals surface area (Å²) in [6.07, 6.45) is -3.83. The normalized spacial score (nSPS) is 18.6. The number of hydrogen-bond acceptors (Lipinski definition) is 4. The smallest absolute Gasteiger partial charge is 0.341 e. The van der Waals surface area contributed by atoms with E-state index in [4.69, 9.17) is 4.74 Å². The molecular formula is C16H10F6O4S. The van der Waals surface area contributed by atoms with Crippen LogP contribution in [-0.2, 0) is 16.3 Å². The van der Waals surface area contributed by atoms with Gasteiger partial charge in [-0.25, -0.2) is 26.0 Å². The zero-order chi connectivity index (χ0) is 20.1. The van der Waals surface area contributed by atoms with Crippen LogP contribution in [0.1, 0.15) is 17.2 Å². The predicted octanol–water partition coefficient (Wildman–Crippen LogP) is 3.98. The van der Waals surface area contributed by atoms with Gasteiger partial charge in [-0.1, -0.05) is 0 Å². The molecule has 0 fully saturated rings. The van der Waals surface area contributed by atoms with Crippen LogP contribution in [0.5, 0.6) is 11.5 Å². The lowest BCUT2D eigenvalue weighted by Gasteiger charge is -2.16. The van der Waals surface area contributed by atoms with Gasteiger partial charge in [0.2, 0.25) is 9.84 Å². The number of benzene rings is 2. The first-order chi connectivity index (χ1) is 12.4. The van der Waals surface area contributed by atoms with Crippen LogP contribution in [0.15, 0.2) is 35.2 Å². The molecule has 146 valence electrons. The highest BCUT2D eigenvalue weighted by Gasteiger charge is 2.51. The largest absolute Gasteiger partial charge is 0.457 e. The Labute approximate surface area is 148 Å². The Morgan fingerprint density at radius 1 is 1.11 bits per heavy atom. The van der Waals surface area contributed by atoms with Gasteiger partial charge >= 0.3 is 5.76 Å². The minimum Gasteiger partial charge on any atom is -0.457 e. The SMILES string of the molecule is O=S(=O)(c1ccc(Oc2ccc(F)c(F)c2)c2c1[C@H](O)C(F)(F)C2)C(F)F. The number of alkyl halides is 4. The predicted molar refractivity (Wildman–Crippen MR) is 79.7 cm³/mol. The van der Waals surface area contributed by atoms with E-state index in [1.807, 2.05) is 0 Å². The Hall–Kier alpha value is -2.27. The molecule has 0 saturated heterocycles. The molecular weight excluding hydrogens is 402 g/mol. The third-order valence-electron chi connectivity index (χ3n) is 4.02. The molecule has 1 atom stereocenters. The molecule has 0 aliphatic heterocycles. The Kier molecular flexibility index (Phi) is 4.63. The molecule has 27 heavy (non-hydrogen) atoms. The van der Waals surface area contributed by atoms with Gasteiger partial charge in [-0.15, -0.1) is 0 Å². The standard InChI is InChI=1S/C16H10F6O4S/c17-9-2-1-7(5-10(9)18)26-11-3-4-12(27(24,25)15(19)20)13-8(11)6-16(21,22)14(13)23/h1-5,14-15,23H,6H2/t14-/m0/s1. The third-order valence-corrected chi connectivity index (χ3v) is 5.46. The lowest BCUT2D eigenvalue weighted by molar-refractivity contribution is -0.0976. The summed E-state index contributed by atoms with van der Waals surface area (Å²) in [5.74, 6) is -10.9. The van der Waals surface area contributed by atoms with Crippen LogP contribution in [0.2, 0.25) is 0 Å². The fraction of sp³-hybridized carbons (Fsp3) is 0.250. The van der Waals surface area contributed by atoms with E-state index < -0.39 is 67.4 Å². The van der Waals surface area contributed by atoms with Gasteiger partial charge in [0.15, 0.2) is 11.6 Å². The van der Waals surface area contributed by atoms with Crippen molar-refractivity contribution in [2.24, 2.45) is 0 Å². The first kappa shape index (κ1) is 19.5. The number of halogens is 6. The summed E-state index contributed by atoms with van der Waals surface area (Å²) in [4.78, 5) is -1.14. The molecule has 0 spiro atoms. The maximum absolute atomic E-state index is 13.9. The molecule has 0 aromatic heterocycles. The van der Waals surface area contributed by atoms with E-state index in [9.17, 15) is 39.9 Å². The molecule has 0 radical (unpaired) electrons. The topological polar surface area (TPSA) is 63.6 Å². The molecule has 3 rings (SSSR count). The van der Waals surface area contributed by atoms with Crippen molar-refractivity contribution >= 4 is 9.84 Å². The molecule has 2 aromatic carbocycles. The van der Waals surface area contributed by atoms with E-state index in [0.29, 0.717) is 18.2 Å². The van der Waals surface area contributed by atoms with Crippen molar-refractivity contribution in [1.82, 2.24) is 0 Å². The van der Waals surface area contributed by atoms with Crippen molar-refractivity contribution in [1.29, 1.82) is 0 Å². The minimum absolute atomic E-state index is 0.301. The van der Waals surface area contributed by atoms with Crippen molar-refractivity contribution in [2.45, 2.75) is 29.1 Å². The van der Waals surface area contributed by atoms with Crippen molar-refractivity contribution in [2.75, 3.05) is 0 Å². The number of aliphatic hydroxyl groups is 1. The number of ether oxygens (including phenoxy) is 1. The van der Waals surface area contributed by atoms with Crippen molar-refractivity contribution in [3.63, 3.8) is 0 Å². The van der Waals surface area contributed by atoms with Gasteiger partial charge in [0.05, 0.1) is 4.90 Å². The molecule has 0 amide bonds. The first-order valence-electron chi connectivity index (χ1n) is 7.32. The maximum Gasteiger partial charge on any atom is 0.341 e. The quantitative estimate of drug-likeness (QED) is 0.772. The fourth-order valence-electron chi connectivity index (χ4n) is 2.76. The molecule has 0 bridgehead atoms. The average molecular weight is 412 g/mol. The van der Waals surface area contributed by atoms with Crippen molar-refractivity contribution in [3.05, 3.63) is 53.1 Å². The van der Waals surface area contributed by atoms with Crippen molar-refractivity contribution < 1.29 is 44.6 Å². The van der Waals surface area contributed by atoms with Crippen LogP contribution in [-0.4, -0.2) is 25.2 Å². The Bertz CT molecular complexity index is 1010. The molecule has 11 heteroatoms. The third kappa shape index (κ3) is 3.25. The van der Waals surface area contributed by atoms with Crippen LogP contribution in [0.3, 0.4) is 0 Å². The summed E-state index contributed by atoms with van der Waals surface area (Å²) >= 11 is 0. The van der Waals surface area contributed by atoms with Crippen LogP contribution < -0.4 is 4.74 Å². The van der Waals surface area contributed by atoms with Crippen LogP contribution in [0.25, 0.3) is 0 Å². The van der Waals surface area contributed by atoms with Gasteiger partial charge in [0.25, 0.3) is 5.92 Å². The number of sulfone groups is 1. The zero-order valence-corrected chi connectivity index (χ0v) is 13.9. The molecule has 0 unspecified atom stereocenters. The fourth-order valence-corrected chi connectivity index (χ4v) is 3.75. The Morgan fingerprint density at radius 3 is 2.37 bits per heavy atom. The second-order valence-electron chi connectivity index (χ2n) is 5.78. The van der Waals surface area contributed by atoms with Crippen LogP contribution >= 0.6 is 0 Å². The van der Waals surface area contributed by atoms with Gasteiger partial charge in [-0.05, 0) is 24.3 Å². The number of fused-ring (bicyclic) bond motifs is 1. The number of rotatable bonds is 4. The molecule has 4 nitrogen and oxygen atoms in total. The van der Waals surface area contributed by atoms with E-state index in [1.54, 1.807) is 0 Å². The lowest BCUT2D eigenvalue weighted by Crippen LogP contribution is -2.23. The zero-order valence-electron chi connectivity index (χ0n) is 13.1. The number of aliphatic hydroxyl groups excluding tert-OH is 1. The van der Waals surface area contributed by atoms with Crippen LogP contribution in [0.4, 0.5) is 26.3 Å². The molecule has 1 aliphatic carbocycles. The van der Waals surface area contributed by atoms with Gasteiger partial charge in [0, 0.05) is 23.6 Å². The molecule has 2 aromatic rings. The molecule has 1 aliphatic rings. The second-order valence-corrected chi connectivity index (χ2v) is 7.66. The van der Waals surface area contributed by atoms with Crippen molar-refractivity contribution in [3.8, 4) is 11.5 Å². The molecule has 0 heterocycles. The van der Waals surface area contributed by atoms with Crippen LogP contribution in [0, 0.1) is 11.6 Å². The van der Waals surface area contributed by atoms with E-state index in [0.717, 1.165) is 12.1 Å². The van der Waals surface area contributed by atoms with E-state index in [2.05, 4.69) is 0 Å². The Balaban J connectivity index is 2.15. The Morgan fingerprint density at radius 2 is 1.78 bits per heavy atom. The summed E-state index contributed by atoms with van der Waals surface area (Å²) in [6, 6.07) is 3.75. The van der Waals surface area contributed by atoms with Gasteiger partial charge in [-0.3, -0.25) is 0 Å². The molecule has 1 N–H and O–H groups in total. The number of hydrogen-bond donors (Lipinski definition) is 1. The highest BCUT2D eigenvalue weighted by Crippen LogP contribution is 2.50. The highest BCUT2D eigenvalue weighted by atomic mass is 32.2. The lowest BCUT2D eigenvalue weighted by atomic mass is 10.1.